The summed E-state index contributed by atoms with van der Waals surface area (Å²) in [6, 6.07) is 9.15. The molecule has 0 aliphatic heterocycles. The predicted molar refractivity (Wildman–Crippen MR) is 201 cm³/mol. The first-order valence-corrected chi connectivity index (χ1v) is 18.1. The molecule has 0 saturated heterocycles. The molecule has 0 heterocycles. The molecule has 0 aromatic heterocycles. The molecule has 3 aliphatic carbocycles. The van der Waals surface area contributed by atoms with Crippen molar-refractivity contribution in [1.82, 2.24) is 9.80 Å². The number of primary amides is 1. The molecule has 5 rings (SSSR count). The molecule has 0 spiro atoms. The number of rotatable bonds is 13. The summed E-state index contributed by atoms with van der Waals surface area (Å²) in [6.07, 6.45) is 0.150. The molecule has 4 atom stereocenters. The van der Waals surface area contributed by atoms with Crippen molar-refractivity contribution in [3.63, 3.8) is 0 Å². The fourth-order valence-corrected chi connectivity index (χ4v) is 7.79. The average Bonchev–Trinajstić information content (AvgIpc) is 3.12. The van der Waals surface area contributed by atoms with Crippen LogP contribution in [0, 0.1) is 11.8 Å². The zero-order chi connectivity index (χ0) is 41.2. The first-order chi connectivity index (χ1) is 26.4. The second-order valence-corrected chi connectivity index (χ2v) is 14.5. The van der Waals surface area contributed by atoms with E-state index in [4.69, 9.17) is 15.2 Å². The summed E-state index contributed by atoms with van der Waals surface area (Å²) in [4.78, 5) is 83.1. The van der Waals surface area contributed by atoms with E-state index in [1.807, 2.05) is 6.92 Å². The Hall–Kier alpha value is -5.94. The Morgan fingerprint density at radius 1 is 1.02 bits per heavy atom. The standard InChI is InChI=1S/C39H47N5O12/c1-6-7-13-44(38(53)56-19-55-27(46)14-20-11-9-8-10-12-20)18-26(45)41-24-17-25(42(2)3)22-15-21-16-23-31(43(4)5)34(49)30(37(40)52)36(51)39(23,54)35(50)28(21)33(48)29(22)32(24)47/h8-12,17,21,23,31,47,49-50,54H,6-7,13-16,18-19H2,1-5H3,(H2,40,52)(H,41,45)/t21-,23-,31-,39-/m0/s1. The highest BCUT2D eigenvalue weighted by Gasteiger charge is 2.63. The van der Waals surface area contributed by atoms with Crippen LogP contribution in [0.1, 0.15) is 47.7 Å². The van der Waals surface area contributed by atoms with Crippen LogP contribution in [0.4, 0.5) is 16.2 Å². The van der Waals surface area contributed by atoms with E-state index in [1.54, 1.807) is 63.4 Å². The van der Waals surface area contributed by atoms with Gasteiger partial charge < -0.3 is 45.9 Å². The zero-order valence-electron chi connectivity index (χ0n) is 31.8. The molecular formula is C39H47N5O12. The minimum atomic E-state index is -2.81. The molecule has 0 saturated carbocycles. The molecule has 3 aliphatic rings. The van der Waals surface area contributed by atoms with Gasteiger partial charge in [0.25, 0.3) is 5.91 Å². The van der Waals surface area contributed by atoms with Gasteiger partial charge in [0.1, 0.15) is 23.6 Å². The number of phenolic OH excluding ortho intramolecular Hbond substituents is 1. The van der Waals surface area contributed by atoms with Crippen molar-refractivity contribution in [2.75, 3.05) is 58.3 Å². The van der Waals surface area contributed by atoms with Crippen molar-refractivity contribution < 1.29 is 58.7 Å². The topological polar surface area (TPSA) is 250 Å². The van der Waals surface area contributed by atoms with Crippen LogP contribution in [-0.4, -0.2) is 125 Å². The SMILES string of the molecule is CCCCN(CC(=O)Nc1cc(N(C)C)c2c(c1O)C(=O)C1=C(O)[C@]3(O)C(=O)C(C(N)=O)=C(O)[C@@H](N(C)C)[C@@H]3C[C@@H]1C2)C(=O)OCOC(=O)Cc1ccccc1. The molecule has 17 heteroatoms. The number of ketones is 2. The smallest absolute Gasteiger partial charge is 0.413 e. The number of fused-ring (bicyclic) bond motifs is 3. The minimum Gasteiger partial charge on any atom is -0.510 e. The number of amides is 3. The molecule has 0 bridgehead atoms. The number of carbonyl (C=O) groups is 6. The van der Waals surface area contributed by atoms with Crippen molar-refractivity contribution in [3.8, 4) is 5.75 Å². The Labute approximate surface area is 322 Å². The number of phenols is 1. The van der Waals surface area contributed by atoms with E-state index in [1.165, 1.54) is 11.0 Å². The third-order valence-corrected chi connectivity index (χ3v) is 10.4. The number of aliphatic hydroxyl groups excluding tert-OH is 2. The van der Waals surface area contributed by atoms with Crippen LogP contribution in [0.5, 0.6) is 5.75 Å². The molecule has 7 N–H and O–H groups in total. The summed E-state index contributed by atoms with van der Waals surface area (Å²) < 4.78 is 10.2. The molecule has 0 radical (unpaired) electrons. The maximum absolute atomic E-state index is 14.3. The number of benzene rings is 2. The minimum absolute atomic E-state index is 0.0336. The largest absolute Gasteiger partial charge is 0.510 e. The number of esters is 1. The Balaban J connectivity index is 1.41. The highest BCUT2D eigenvalue weighted by atomic mass is 16.7. The van der Waals surface area contributed by atoms with Gasteiger partial charge in [0.05, 0.1) is 23.7 Å². The van der Waals surface area contributed by atoms with Crippen molar-refractivity contribution in [1.29, 1.82) is 0 Å². The monoisotopic (exact) mass is 777 g/mol. The van der Waals surface area contributed by atoms with Gasteiger partial charge in [-0.05, 0) is 56.5 Å². The van der Waals surface area contributed by atoms with Crippen LogP contribution < -0.4 is 16.0 Å². The number of aliphatic hydroxyl groups is 3. The number of hydrogen-bond acceptors (Lipinski definition) is 14. The highest BCUT2D eigenvalue weighted by Crippen LogP contribution is 2.54. The number of nitrogens with two attached hydrogens (primary N) is 1. The fraction of sp³-hybridized carbons (Fsp3) is 0.436. The number of likely N-dealkylation sites (N-methyl/N-ethyl adjacent to an activating group) is 1. The van der Waals surface area contributed by atoms with Crippen LogP contribution in [-0.2, 0) is 41.5 Å². The number of nitrogens with one attached hydrogen (secondary N) is 1. The van der Waals surface area contributed by atoms with Crippen molar-refractivity contribution in [2.45, 2.75) is 50.7 Å². The first kappa shape index (κ1) is 41.2. The molecule has 17 nitrogen and oxygen atoms in total. The van der Waals surface area contributed by atoms with Crippen LogP contribution in [0.3, 0.4) is 0 Å². The van der Waals surface area contributed by atoms with Gasteiger partial charge in [-0.1, -0.05) is 43.7 Å². The molecule has 2 aromatic carbocycles. The van der Waals surface area contributed by atoms with Gasteiger partial charge in [-0.25, -0.2) is 4.79 Å². The third kappa shape index (κ3) is 7.64. The Morgan fingerprint density at radius 2 is 1.70 bits per heavy atom. The highest BCUT2D eigenvalue weighted by molar-refractivity contribution is 6.25. The van der Waals surface area contributed by atoms with E-state index < -0.39 is 95.1 Å². The molecule has 3 amide bonds. The van der Waals surface area contributed by atoms with Crippen LogP contribution in [0.15, 0.2) is 59.1 Å². The molecular weight excluding hydrogens is 730 g/mol. The van der Waals surface area contributed by atoms with E-state index >= 15 is 0 Å². The maximum atomic E-state index is 14.3. The lowest BCUT2D eigenvalue weighted by Crippen LogP contribution is -2.63. The van der Waals surface area contributed by atoms with Crippen molar-refractivity contribution in [2.24, 2.45) is 17.6 Å². The number of Topliss-reactive ketones (excluding diaryl/α,β-unsaturated/α-hetero) is 2. The van der Waals surface area contributed by atoms with E-state index in [9.17, 15) is 49.2 Å². The molecule has 56 heavy (non-hydrogen) atoms. The average molecular weight is 778 g/mol. The van der Waals surface area contributed by atoms with E-state index in [2.05, 4.69) is 5.32 Å². The Kier molecular flexibility index (Phi) is 12.1. The summed E-state index contributed by atoms with van der Waals surface area (Å²) in [6.45, 7) is 0.759. The van der Waals surface area contributed by atoms with Gasteiger partial charge in [-0.3, -0.25) is 33.8 Å². The van der Waals surface area contributed by atoms with Crippen LogP contribution in [0.25, 0.3) is 0 Å². The summed E-state index contributed by atoms with van der Waals surface area (Å²) in [7, 11) is 6.44. The van der Waals surface area contributed by atoms with Crippen molar-refractivity contribution in [3.05, 3.63) is 75.8 Å². The number of anilines is 2. The van der Waals surface area contributed by atoms with Gasteiger partial charge >= 0.3 is 12.1 Å². The quantitative estimate of drug-likeness (QED) is 0.0738. The third-order valence-electron chi connectivity index (χ3n) is 10.4. The zero-order valence-corrected chi connectivity index (χ0v) is 31.8. The number of hydrogen-bond donors (Lipinski definition) is 6. The summed E-state index contributed by atoms with van der Waals surface area (Å²) in [5, 5.41) is 48.7. The van der Waals surface area contributed by atoms with Gasteiger partial charge in [-0.2, -0.15) is 0 Å². The molecule has 0 fully saturated rings. The molecule has 2 aromatic rings. The fourth-order valence-electron chi connectivity index (χ4n) is 7.79. The maximum Gasteiger partial charge on any atom is 0.413 e. The van der Waals surface area contributed by atoms with E-state index in [-0.39, 0.29) is 42.6 Å². The second-order valence-electron chi connectivity index (χ2n) is 14.5. The predicted octanol–water partition coefficient (Wildman–Crippen LogP) is 2.11. The Morgan fingerprint density at radius 3 is 2.30 bits per heavy atom. The van der Waals surface area contributed by atoms with E-state index in [0.717, 1.165) is 4.90 Å². The Bertz CT molecular complexity index is 2010. The van der Waals surface area contributed by atoms with Gasteiger partial charge in [0.15, 0.2) is 17.1 Å². The van der Waals surface area contributed by atoms with Gasteiger partial charge in [-0.15, -0.1) is 0 Å². The van der Waals surface area contributed by atoms with Crippen LogP contribution >= 0.6 is 0 Å². The number of allylic oxidation sites excluding steroid dienone is 1. The number of carbonyl (C=O) groups excluding carboxylic acids is 6. The van der Waals surface area contributed by atoms with E-state index in [0.29, 0.717) is 29.7 Å². The van der Waals surface area contributed by atoms with Crippen LogP contribution in [0.2, 0.25) is 0 Å². The lowest BCUT2D eigenvalue weighted by atomic mass is 9.58. The number of aromatic hydroxyl groups is 1. The number of unbranched alkanes of at least 4 members (excludes halogenated alkanes) is 1. The second kappa shape index (κ2) is 16.4. The molecule has 0 unspecified atom stereocenters. The number of ether oxygens (including phenoxy) is 2. The van der Waals surface area contributed by atoms with Gasteiger partial charge in [0.2, 0.25) is 18.5 Å². The summed E-state index contributed by atoms with van der Waals surface area (Å²) in [5.41, 5.74) is 2.32. The molecule has 300 valence electrons. The normalized spacial score (nSPS) is 21.5. The summed E-state index contributed by atoms with van der Waals surface area (Å²) >= 11 is 0. The lowest BCUT2D eigenvalue weighted by molar-refractivity contribution is -0.152. The van der Waals surface area contributed by atoms with Gasteiger partial charge in [0, 0.05) is 37.8 Å². The van der Waals surface area contributed by atoms with Crippen molar-refractivity contribution >= 4 is 46.8 Å². The summed E-state index contributed by atoms with van der Waals surface area (Å²) in [5.74, 6) is -9.35. The number of nitrogens with zero attached hydrogens (tertiary/aromatic N) is 3. The lowest BCUT2D eigenvalue weighted by Gasteiger charge is -2.50. The first-order valence-electron chi connectivity index (χ1n) is 18.1.